The van der Waals surface area contributed by atoms with E-state index in [1.54, 1.807) is 9.36 Å². The summed E-state index contributed by atoms with van der Waals surface area (Å²) in [6.07, 6.45) is 3.71. The maximum absolute atomic E-state index is 4.40. The van der Waals surface area contributed by atoms with Crippen molar-refractivity contribution in [3.8, 4) is 22.5 Å². The molecule has 0 bridgehead atoms. The second-order valence-electron chi connectivity index (χ2n) is 4.68. The van der Waals surface area contributed by atoms with Crippen LogP contribution < -0.4 is 0 Å². The summed E-state index contributed by atoms with van der Waals surface area (Å²) >= 11 is 1.17. The monoisotopic (exact) mass is 298 g/mol. The number of aromatic nitrogens is 8. The zero-order chi connectivity index (χ0) is 14.4. The first-order chi connectivity index (χ1) is 10.2. The minimum atomic E-state index is 0.779. The summed E-state index contributed by atoms with van der Waals surface area (Å²) in [6.45, 7) is 0. The maximum Gasteiger partial charge on any atom is 0.115 e. The van der Waals surface area contributed by atoms with E-state index in [1.807, 2.05) is 38.6 Å². The van der Waals surface area contributed by atoms with Gasteiger partial charge in [0.05, 0.1) is 24.1 Å². The van der Waals surface area contributed by atoms with Crippen LogP contribution in [-0.2, 0) is 14.1 Å². The van der Waals surface area contributed by atoms with Gasteiger partial charge in [-0.2, -0.15) is 8.75 Å². The van der Waals surface area contributed by atoms with Crippen molar-refractivity contribution < 1.29 is 0 Å². The molecule has 1 aromatic carbocycles. The summed E-state index contributed by atoms with van der Waals surface area (Å²) in [5, 5.41) is 16.2. The molecule has 0 aliphatic heterocycles. The molecule has 0 aliphatic rings. The highest BCUT2D eigenvalue weighted by Gasteiger charge is 2.16. The Hall–Kier alpha value is -2.68. The van der Waals surface area contributed by atoms with Gasteiger partial charge in [0, 0.05) is 25.2 Å². The average Bonchev–Trinajstić information content (AvgIpc) is 3.18. The Morgan fingerprint density at radius 3 is 1.67 bits per heavy atom. The molecule has 4 rings (SSSR count). The summed E-state index contributed by atoms with van der Waals surface area (Å²) in [7, 11) is 3.67. The van der Waals surface area contributed by atoms with Gasteiger partial charge in [-0.15, -0.1) is 10.2 Å². The van der Waals surface area contributed by atoms with E-state index in [1.165, 1.54) is 11.7 Å². The van der Waals surface area contributed by atoms with E-state index in [-0.39, 0.29) is 0 Å². The molecule has 0 fully saturated rings. The van der Waals surface area contributed by atoms with Crippen LogP contribution in [0.15, 0.2) is 24.5 Å². The van der Waals surface area contributed by atoms with Crippen molar-refractivity contribution in [2.24, 2.45) is 14.1 Å². The van der Waals surface area contributed by atoms with Crippen LogP contribution in [0.4, 0.5) is 0 Å². The number of nitrogens with zero attached hydrogens (tertiary/aromatic N) is 8. The van der Waals surface area contributed by atoms with Gasteiger partial charge in [-0.05, 0) is 12.1 Å². The zero-order valence-corrected chi connectivity index (χ0v) is 12.1. The first-order valence-corrected chi connectivity index (χ1v) is 6.94. The van der Waals surface area contributed by atoms with Crippen LogP contribution in [0.5, 0.6) is 0 Å². The molecule has 3 aromatic heterocycles. The Morgan fingerprint density at radius 2 is 1.29 bits per heavy atom. The molecule has 8 nitrogen and oxygen atoms in total. The fourth-order valence-corrected chi connectivity index (χ4v) is 2.80. The largest absolute Gasteiger partial charge is 0.255 e. The molecule has 21 heavy (non-hydrogen) atoms. The van der Waals surface area contributed by atoms with E-state index >= 15 is 0 Å². The van der Waals surface area contributed by atoms with Crippen LogP contribution in [0.1, 0.15) is 0 Å². The lowest BCUT2D eigenvalue weighted by atomic mass is 10.0. The van der Waals surface area contributed by atoms with E-state index in [0.717, 1.165) is 33.5 Å². The summed E-state index contributed by atoms with van der Waals surface area (Å²) in [4.78, 5) is 0. The molecule has 0 aliphatic carbocycles. The van der Waals surface area contributed by atoms with Crippen molar-refractivity contribution in [2.45, 2.75) is 0 Å². The Kier molecular flexibility index (Phi) is 2.54. The Labute approximate surface area is 123 Å². The van der Waals surface area contributed by atoms with Crippen molar-refractivity contribution in [1.82, 2.24) is 38.7 Å². The fraction of sp³-hybridized carbons (Fsp3) is 0.167. The first kappa shape index (κ1) is 12.1. The van der Waals surface area contributed by atoms with Gasteiger partial charge in [0.25, 0.3) is 0 Å². The van der Waals surface area contributed by atoms with E-state index in [2.05, 4.69) is 29.4 Å². The SMILES string of the molecule is Cn1cc(-c2ccc(-c3cn(C)nn3)c3nsnc23)nn1. The zero-order valence-electron chi connectivity index (χ0n) is 11.3. The van der Waals surface area contributed by atoms with Gasteiger partial charge in [0.1, 0.15) is 22.4 Å². The van der Waals surface area contributed by atoms with Crippen molar-refractivity contribution >= 4 is 22.8 Å². The van der Waals surface area contributed by atoms with Crippen LogP contribution in [0.2, 0.25) is 0 Å². The quantitative estimate of drug-likeness (QED) is 0.554. The van der Waals surface area contributed by atoms with Crippen LogP contribution in [0, 0.1) is 0 Å². The molecule has 0 amide bonds. The van der Waals surface area contributed by atoms with Gasteiger partial charge in [0.15, 0.2) is 0 Å². The third-order valence-electron chi connectivity index (χ3n) is 3.17. The normalized spacial score (nSPS) is 11.3. The number of aryl methyl sites for hydroxylation is 2. The van der Waals surface area contributed by atoms with Crippen LogP contribution in [0.3, 0.4) is 0 Å². The minimum absolute atomic E-state index is 0.779. The third kappa shape index (κ3) is 1.89. The standard InChI is InChI=1S/C12H10N8S/c1-19-5-9(13-17-19)7-3-4-8(10-6-20(2)18-14-10)12-11(7)15-21-16-12/h3-6H,1-2H3. The molecule has 4 aromatic rings. The van der Waals surface area contributed by atoms with Crippen molar-refractivity contribution in [3.63, 3.8) is 0 Å². The highest BCUT2D eigenvalue weighted by Crippen LogP contribution is 2.32. The van der Waals surface area contributed by atoms with Gasteiger partial charge in [-0.1, -0.05) is 10.4 Å². The molecule has 0 N–H and O–H groups in total. The van der Waals surface area contributed by atoms with Crippen molar-refractivity contribution in [2.75, 3.05) is 0 Å². The number of benzene rings is 1. The molecule has 0 radical (unpaired) electrons. The highest BCUT2D eigenvalue weighted by molar-refractivity contribution is 7.00. The van der Waals surface area contributed by atoms with Gasteiger partial charge >= 0.3 is 0 Å². The highest BCUT2D eigenvalue weighted by atomic mass is 32.1. The molecule has 9 heteroatoms. The van der Waals surface area contributed by atoms with Crippen molar-refractivity contribution in [3.05, 3.63) is 24.5 Å². The molecule has 0 atom stereocenters. The third-order valence-corrected chi connectivity index (χ3v) is 3.70. The molecule has 0 unspecified atom stereocenters. The predicted octanol–water partition coefficient (Wildman–Crippen LogP) is 1.28. The molecule has 104 valence electrons. The fourth-order valence-electron chi connectivity index (χ4n) is 2.22. The second kappa shape index (κ2) is 4.42. The van der Waals surface area contributed by atoms with E-state index in [9.17, 15) is 0 Å². The minimum Gasteiger partial charge on any atom is -0.255 e. The summed E-state index contributed by atoms with van der Waals surface area (Å²) in [5.74, 6) is 0. The van der Waals surface area contributed by atoms with Crippen LogP contribution >= 0.6 is 11.7 Å². The molecule has 0 saturated heterocycles. The maximum atomic E-state index is 4.40. The Morgan fingerprint density at radius 1 is 0.810 bits per heavy atom. The lowest BCUT2D eigenvalue weighted by Gasteiger charge is -2.01. The van der Waals surface area contributed by atoms with Gasteiger partial charge in [0.2, 0.25) is 0 Å². The van der Waals surface area contributed by atoms with Crippen LogP contribution in [-0.4, -0.2) is 38.7 Å². The van der Waals surface area contributed by atoms with E-state index in [0.29, 0.717) is 0 Å². The lowest BCUT2D eigenvalue weighted by Crippen LogP contribution is -1.86. The second-order valence-corrected chi connectivity index (χ2v) is 5.21. The van der Waals surface area contributed by atoms with Crippen LogP contribution in [0.25, 0.3) is 33.5 Å². The van der Waals surface area contributed by atoms with E-state index in [4.69, 9.17) is 0 Å². The van der Waals surface area contributed by atoms with Gasteiger partial charge < -0.3 is 0 Å². The Bertz CT molecular complexity index is 859. The molecular weight excluding hydrogens is 288 g/mol. The first-order valence-electron chi connectivity index (χ1n) is 6.21. The summed E-state index contributed by atoms with van der Waals surface area (Å²) in [5.41, 5.74) is 5.01. The lowest BCUT2D eigenvalue weighted by molar-refractivity contribution is 0.715. The smallest absolute Gasteiger partial charge is 0.115 e. The average molecular weight is 298 g/mol. The number of fused-ring (bicyclic) bond motifs is 1. The number of hydrogen-bond acceptors (Lipinski definition) is 7. The summed E-state index contributed by atoms with van der Waals surface area (Å²) in [6, 6.07) is 3.94. The number of rotatable bonds is 2. The van der Waals surface area contributed by atoms with E-state index < -0.39 is 0 Å². The topological polar surface area (TPSA) is 87.2 Å². The molecule has 3 heterocycles. The Balaban J connectivity index is 1.96. The number of hydrogen-bond donors (Lipinski definition) is 0. The summed E-state index contributed by atoms with van der Waals surface area (Å²) < 4.78 is 12.1. The molecule has 0 saturated carbocycles. The molecular formula is C12H10N8S. The molecule has 0 spiro atoms. The predicted molar refractivity (Wildman–Crippen MR) is 77.4 cm³/mol. The van der Waals surface area contributed by atoms with Crippen molar-refractivity contribution in [1.29, 1.82) is 0 Å². The van der Waals surface area contributed by atoms with Gasteiger partial charge in [-0.3, -0.25) is 9.36 Å². The van der Waals surface area contributed by atoms with Gasteiger partial charge in [-0.25, -0.2) is 0 Å².